The molecule has 1 aromatic heterocycles. The van der Waals surface area contributed by atoms with Gasteiger partial charge < -0.3 is 14.6 Å². The van der Waals surface area contributed by atoms with Crippen LogP contribution in [0.3, 0.4) is 0 Å². The van der Waals surface area contributed by atoms with Gasteiger partial charge >= 0.3 is 0 Å². The average molecular weight is 225 g/mol. The first kappa shape index (κ1) is 11.5. The zero-order valence-electron chi connectivity index (χ0n) is 9.90. The molecule has 0 bridgehead atoms. The molecule has 1 N–H and O–H groups in total. The molecule has 2 atom stereocenters. The van der Waals surface area contributed by atoms with E-state index in [2.05, 4.69) is 29.3 Å². The molecule has 0 aromatic carbocycles. The van der Waals surface area contributed by atoms with Gasteiger partial charge in [-0.1, -0.05) is 12.1 Å². The number of aromatic nitrogens is 2. The van der Waals surface area contributed by atoms with Crippen molar-refractivity contribution in [2.24, 2.45) is 0 Å². The summed E-state index contributed by atoms with van der Waals surface area (Å²) in [6.07, 6.45) is 2.91. The summed E-state index contributed by atoms with van der Waals surface area (Å²) in [6, 6.07) is 0.364. The zero-order valence-corrected chi connectivity index (χ0v) is 9.90. The molecule has 0 saturated carbocycles. The lowest BCUT2D eigenvalue weighted by atomic mass is 10.2. The lowest BCUT2D eigenvalue weighted by Crippen LogP contribution is -2.27. The Balaban J connectivity index is 1.91. The van der Waals surface area contributed by atoms with Gasteiger partial charge in [-0.25, -0.2) is 0 Å². The normalized spacial score (nSPS) is 22.5. The fourth-order valence-electron chi connectivity index (χ4n) is 1.95. The second kappa shape index (κ2) is 5.41. The Bertz CT molecular complexity index is 321. The molecule has 2 unspecified atom stereocenters. The molecular formula is C11H19N3O2. The molecule has 1 aliphatic heterocycles. The third-order valence-electron chi connectivity index (χ3n) is 2.73. The van der Waals surface area contributed by atoms with Crippen molar-refractivity contribution in [3.05, 3.63) is 11.7 Å². The smallest absolute Gasteiger partial charge is 0.228 e. The lowest BCUT2D eigenvalue weighted by molar-refractivity contribution is 0.103. The number of rotatable bonds is 5. The summed E-state index contributed by atoms with van der Waals surface area (Å²) in [5.74, 6) is 1.40. The van der Waals surface area contributed by atoms with Crippen LogP contribution in [0.1, 0.15) is 44.5 Å². The minimum Gasteiger partial charge on any atom is -0.370 e. The number of hydrogen-bond acceptors (Lipinski definition) is 5. The predicted octanol–water partition coefficient (Wildman–Crippen LogP) is 1.46. The van der Waals surface area contributed by atoms with E-state index in [4.69, 9.17) is 9.26 Å². The Morgan fingerprint density at radius 3 is 3.12 bits per heavy atom. The van der Waals surface area contributed by atoms with Gasteiger partial charge in [-0.3, -0.25) is 0 Å². The summed E-state index contributed by atoms with van der Waals surface area (Å²) in [6.45, 7) is 5.96. The summed E-state index contributed by atoms with van der Waals surface area (Å²) < 4.78 is 10.7. The van der Waals surface area contributed by atoms with Gasteiger partial charge in [-0.05, 0) is 26.3 Å². The van der Waals surface area contributed by atoms with Crippen LogP contribution in [0.5, 0.6) is 0 Å². The van der Waals surface area contributed by atoms with Crippen molar-refractivity contribution in [3.8, 4) is 0 Å². The molecule has 90 valence electrons. The third-order valence-corrected chi connectivity index (χ3v) is 2.73. The summed E-state index contributed by atoms with van der Waals surface area (Å²) in [5.41, 5.74) is 0. The molecule has 0 amide bonds. The maximum atomic E-state index is 5.50. The van der Waals surface area contributed by atoms with Gasteiger partial charge in [0.2, 0.25) is 11.7 Å². The molecule has 1 saturated heterocycles. The van der Waals surface area contributed by atoms with E-state index >= 15 is 0 Å². The van der Waals surface area contributed by atoms with E-state index in [1.807, 2.05) is 0 Å². The summed E-state index contributed by atoms with van der Waals surface area (Å²) in [7, 11) is 0. The van der Waals surface area contributed by atoms with Crippen LogP contribution in [0, 0.1) is 0 Å². The van der Waals surface area contributed by atoms with Crippen LogP contribution in [0.25, 0.3) is 0 Å². The number of likely N-dealkylation sites (N-methyl/N-ethyl adjacent to an activating group) is 1. The minimum absolute atomic E-state index is 0.0481. The van der Waals surface area contributed by atoms with Gasteiger partial charge in [0, 0.05) is 19.1 Å². The van der Waals surface area contributed by atoms with Crippen LogP contribution in [0.4, 0.5) is 0 Å². The van der Waals surface area contributed by atoms with Crippen molar-refractivity contribution in [1.29, 1.82) is 0 Å². The first-order valence-corrected chi connectivity index (χ1v) is 5.97. The second-order valence-electron chi connectivity index (χ2n) is 4.21. The Labute approximate surface area is 95.6 Å². The van der Waals surface area contributed by atoms with E-state index in [1.165, 1.54) is 0 Å². The van der Waals surface area contributed by atoms with Crippen molar-refractivity contribution >= 4 is 0 Å². The van der Waals surface area contributed by atoms with Crippen molar-refractivity contribution < 1.29 is 9.26 Å². The average Bonchev–Trinajstić information content (AvgIpc) is 2.86. The first-order chi connectivity index (χ1) is 7.79. The van der Waals surface area contributed by atoms with E-state index in [-0.39, 0.29) is 6.10 Å². The number of hydrogen-bond donors (Lipinski definition) is 1. The predicted molar refractivity (Wildman–Crippen MR) is 59.1 cm³/mol. The molecule has 5 heteroatoms. The number of nitrogens with one attached hydrogen (secondary N) is 1. The highest BCUT2D eigenvalue weighted by Crippen LogP contribution is 2.26. The summed E-state index contributed by atoms with van der Waals surface area (Å²) in [5, 5.41) is 7.29. The fourth-order valence-corrected chi connectivity index (χ4v) is 1.95. The van der Waals surface area contributed by atoms with Gasteiger partial charge in [0.05, 0.1) is 0 Å². The SMILES string of the molecule is CCNC(C)Cc1nc(C2CCCO2)no1. The first-order valence-electron chi connectivity index (χ1n) is 5.97. The van der Waals surface area contributed by atoms with Gasteiger partial charge in [-0.15, -0.1) is 0 Å². The number of nitrogens with zero attached hydrogens (tertiary/aromatic N) is 2. The molecule has 2 rings (SSSR count). The maximum Gasteiger partial charge on any atom is 0.228 e. The molecule has 5 nitrogen and oxygen atoms in total. The van der Waals surface area contributed by atoms with Crippen LogP contribution >= 0.6 is 0 Å². The van der Waals surface area contributed by atoms with Gasteiger partial charge in [-0.2, -0.15) is 4.98 Å². The second-order valence-corrected chi connectivity index (χ2v) is 4.21. The van der Waals surface area contributed by atoms with Gasteiger partial charge in [0.25, 0.3) is 0 Å². The van der Waals surface area contributed by atoms with E-state index in [9.17, 15) is 0 Å². The molecule has 2 heterocycles. The Morgan fingerprint density at radius 2 is 2.44 bits per heavy atom. The quantitative estimate of drug-likeness (QED) is 0.822. The Hall–Kier alpha value is -0.940. The highest BCUT2D eigenvalue weighted by Gasteiger charge is 2.23. The molecule has 1 fully saturated rings. The lowest BCUT2D eigenvalue weighted by Gasteiger charge is -2.08. The van der Waals surface area contributed by atoms with Crippen LogP contribution in [-0.4, -0.2) is 29.3 Å². The molecule has 1 aliphatic rings. The van der Waals surface area contributed by atoms with Crippen LogP contribution < -0.4 is 5.32 Å². The molecule has 0 radical (unpaired) electrons. The van der Waals surface area contributed by atoms with Crippen molar-refractivity contribution in [2.75, 3.05) is 13.2 Å². The summed E-state index contributed by atoms with van der Waals surface area (Å²) in [4.78, 5) is 4.37. The molecule has 1 aromatic rings. The zero-order chi connectivity index (χ0) is 11.4. The maximum absolute atomic E-state index is 5.50. The van der Waals surface area contributed by atoms with Crippen molar-refractivity contribution in [3.63, 3.8) is 0 Å². The molecule has 0 spiro atoms. The topological polar surface area (TPSA) is 60.2 Å². The Kier molecular flexibility index (Phi) is 3.90. The highest BCUT2D eigenvalue weighted by molar-refractivity contribution is 4.94. The van der Waals surface area contributed by atoms with Gasteiger partial charge in [0.1, 0.15) is 6.10 Å². The van der Waals surface area contributed by atoms with Crippen LogP contribution in [0.15, 0.2) is 4.52 Å². The Morgan fingerprint density at radius 1 is 1.56 bits per heavy atom. The fraction of sp³-hybridized carbons (Fsp3) is 0.818. The summed E-state index contributed by atoms with van der Waals surface area (Å²) >= 11 is 0. The molecule has 0 aliphatic carbocycles. The van der Waals surface area contributed by atoms with Crippen molar-refractivity contribution in [1.82, 2.24) is 15.5 Å². The minimum atomic E-state index is 0.0481. The van der Waals surface area contributed by atoms with E-state index < -0.39 is 0 Å². The monoisotopic (exact) mass is 225 g/mol. The molecule has 16 heavy (non-hydrogen) atoms. The van der Waals surface area contributed by atoms with E-state index in [0.29, 0.717) is 17.8 Å². The third kappa shape index (κ3) is 2.80. The molecular weight excluding hydrogens is 206 g/mol. The van der Waals surface area contributed by atoms with E-state index in [1.54, 1.807) is 0 Å². The number of ether oxygens (including phenoxy) is 1. The van der Waals surface area contributed by atoms with Crippen molar-refractivity contribution in [2.45, 2.75) is 45.3 Å². The largest absolute Gasteiger partial charge is 0.370 e. The standard InChI is InChI=1S/C11H19N3O2/c1-3-12-8(2)7-10-13-11(14-16-10)9-5-4-6-15-9/h8-9,12H,3-7H2,1-2H3. The van der Waals surface area contributed by atoms with Crippen LogP contribution in [-0.2, 0) is 11.2 Å². The van der Waals surface area contributed by atoms with Gasteiger partial charge in [0.15, 0.2) is 0 Å². The highest BCUT2D eigenvalue weighted by atomic mass is 16.5. The van der Waals surface area contributed by atoms with E-state index in [0.717, 1.165) is 32.4 Å². The van der Waals surface area contributed by atoms with Crippen LogP contribution in [0.2, 0.25) is 0 Å².